The summed E-state index contributed by atoms with van der Waals surface area (Å²) in [7, 11) is 0. The molecule has 110 valence electrons. The van der Waals surface area contributed by atoms with Crippen molar-refractivity contribution in [1.82, 2.24) is 9.88 Å². The predicted molar refractivity (Wildman–Crippen MR) is 87.3 cm³/mol. The Morgan fingerprint density at radius 1 is 1.14 bits per heavy atom. The number of nitrogens with one attached hydrogen (secondary N) is 1. The van der Waals surface area contributed by atoms with Crippen LogP contribution in [-0.4, -0.2) is 29.0 Å². The number of aryl methyl sites for hydroxylation is 1. The van der Waals surface area contributed by atoms with E-state index < -0.39 is 0 Å². The highest BCUT2D eigenvalue weighted by Crippen LogP contribution is 2.17. The van der Waals surface area contributed by atoms with Gasteiger partial charge in [0.2, 0.25) is 0 Å². The van der Waals surface area contributed by atoms with Crippen molar-refractivity contribution in [3.05, 3.63) is 59.8 Å². The molecule has 1 aromatic heterocycles. The van der Waals surface area contributed by atoms with Gasteiger partial charge in [-0.05, 0) is 44.0 Å². The van der Waals surface area contributed by atoms with Gasteiger partial charge in [0.1, 0.15) is 5.82 Å². The van der Waals surface area contributed by atoms with E-state index in [-0.39, 0.29) is 0 Å². The van der Waals surface area contributed by atoms with Crippen LogP contribution < -0.4 is 5.32 Å². The Labute approximate surface area is 127 Å². The molecule has 3 nitrogen and oxygen atoms in total. The van der Waals surface area contributed by atoms with E-state index in [4.69, 9.17) is 0 Å². The second kappa shape index (κ2) is 6.72. The van der Waals surface area contributed by atoms with Crippen LogP contribution in [0.15, 0.2) is 48.5 Å². The van der Waals surface area contributed by atoms with Crippen LogP contribution in [0.1, 0.15) is 24.1 Å². The number of rotatable bonds is 4. The van der Waals surface area contributed by atoms with Crippen LogP contribution in [0.4, 0.5) is 5.82 Å². The van der Waals surface area contributed by atoms with Crippen LogP contribution in [-0.2, 0) is 6.54 Å². The van der Waals surface area contributed by atoms with Gasteiger partial charge in [-0.3, -0.25) is 4.90 Å². The molecule has 1 aromatic carbocycles. The number of benzene rings is 1. The van der Waals surface area contributed by atoms with E-state index in [1.165, 1.54) is 24.9 Å². The van der Waals surface area contributed by atoms with Crippen LogP contribution in [0.2, 0.25) is 0 Å². The molecular weight excluding hydrogens is 258 g/mol. The highest BCUT2D eigenvalue weighted by molar-refractivity contribution is 5.36. The summed E-state index contributed by atoms with van der Waals surface area (Å²) in [5.74, 6) is 1.00. The van der Waals surface area contributed by atoms with Crippen LogP contribution in [0.3, 0.4) is 0 Å². The summed E-state index contributed by atoms with van der Waals surface area (Å²) in [6.07, 6.45) is 2.47. The van der Waals surface area contributed by atoms with Crippen molar-refractivity contribution in [2.45, 2.75) is 32.4 Å². The van der Waals surface area contributed by atoms with Crippen molar-refractivity contribution in [2.75, 3.05) is 18.4 Å². The van der Waals surface area contributed by atoms with Crippen LogP contribution >= 0.6 is 0 Å². The van der Waals surface area contributed by atoms with Gasteiger partial charge in [-0.15, -0.1) is 0 Å². The molecule has 0 saturated carbocycles. The Balaban J connectivity index is 1.58. The monoisotopic (exact) mass is 281 g/mol. The zero-order chi connectivity index (χ0) is 14.5. The lowest BCUT2D eigenvalue weighted by molar-refractivity contribution is 0.208. The molecule has 2 heterocycles. The van der Waals surface area contributed by atoms with Gasteiger partial charge in [-0.1, -0.05) is 36.4 Å². The predicted octanol–water partition coefficient (Wildman–Crippen LogP) is 3.47. The summed E-state index contributed by atoms with van der Waals surface area (Å²) in [5.41, 5.74) is 2.46. The number of hydrogen-bond donors (Lipinski definition) is 1. The van der Waals surface area contributed by atoms with Crippen molar-refractivity contribution in [2.24, 2.45) is 0 Å². The normalized spacial score (nSPS) is 19.4. The highest BCUT2D eigenvalue weighted by atomic mass is 15.2. The molecule has 0 amide bonds. The third-order valence-corrected chi connectivity index (χ3v) is 3.99. The fourth-order valence-corrected chi connectivity index (χ4v) is 2.99. The number of aromatic nitrogens is 1. The second-order valence-corrected chi connectivity index (χ2v) is 5.87. The van der Waals surface area contributed by atoms with Gasteiger partial charge in [0, 0.05) is 24.8 Å². The minimum absolute atomic E-state index is 0.497. The standard InChI is InChI=1S/C18H23N3/c1-15-7-5-11-18(19-15)20-17-10-6-12-21(14-17)13-16-8-3-2-4-9-16/h2-5,7-9,11,17H,6,10,12-14H2,1H3,(H,19,20). The number of hydrogen-bond acceptors (Lipinski definition) is 3. The van der Waals surface area contributed by atoms with E-state index in [1.807, 2.05) is 13.0 Å². The largest absolute Gasteiger partial charge is 0.366 e. The van der Waals surface area contributed by atoms with Gasteiger partial charge in [-0.2, -0.15) is 0 Å². The number of anilines is 1. The molecule has 1 aliphatic rings. The lowest BCUT2D eigenvalue weighted by atomic mass is 10.0. The molecule has 0 radical (unpaired) electrons. The molecule has 21 heavy (non-hydrogen) atoms. The molecule has 1 aliphatic heterocycles. The lowest BCUT2D eigenvalue weighted by Crippen LogP contribution is -2.41. The van der Waals surface area contributed by atoms with Gasteiger partial charge in [-0.25, -0.2) is 4.98 Å². The van der Waals surface area contributed by atoms with Crippen molar-refractivity contribution in [1.29, 1.82) is 0 Å². The van der Waals surface area contributed by atoms with Gasteiger partial charge >= 0.3 is 0 Å². The summed E-state index contributed by atoms with van der Waals surface area (Å²) in [6.45, 7) is 5.35. The molecule has 3 heteroatoms. The minimum atomic E-state index is 0.497. The Bertz CT molecular complexity index is 568. The SMILES string of the molecule is Cc1cccc(NC2CCCN(Cc3ccccc3)C2)n1. The second-order valence-electron chi connectivity index (χ2n) is 5.87. The maximum absolute atomic E-state index is 4.55. The molecule has 1 saturated heterocycles. The maximum atomic E-state index is 4.55. The van der Waals surface area contributed by atoms with E-state index in [2.05, 4.69) is 57.7 Å². The Hall–Kier alpha value is -1.87. The highest BCUT2D eigenvalue weighted by Gasteiger charge is 2.20. The summed E-state index contributed by atoms with van der Waals surface area (Å²) >= 11 is 0. The summed E-state index contributed by atoms with van der Waals surface area (Å²) in [4.78, 5) is 7.08. The first-order valence-electron chi connectivity index (χ1n) is 7.76. The van der Waals surface area contributed by atoms with Crippen molar-refractivity contribution < 1.29 is 0 Å². The zero-order valence-electron chi connectivity index (χ0n) is 12.6. The quantitative estimate of drug-likeness (QED) is 0.930. The van der Waals surface area contributed by atoms with E-state index in [1.54, 1.807) is 0 Å². The Morgan fingerprint density at radius 2 is 2.00 bits per heavy atom. The molecule has 0 aliphatic carbocycles. The molecule has 1 atom stereocenters. The maximum Gasteiger partial charge on any atom is 0.126 e. The molecule has 1 fully saturated rings. The minimum Gasteiger partial charge on any atom is -0.366 e. The molecular formula is C18H23N3. The smallest absolute Gasteiger partial charge is 0.126 e. The molecule has 3 rings (SSSR count). The van der Waals surface area contributed by atoms with Crippen molar-refractivity contribution in [3.63, 3.8) is 0 Å². The topological polar surface area (TPSA) is 28.2 Å². The van der Waals surface area contributed by atoms with Crippen LogP contribution in [0.25, 0.3) is 0 Å². The fraction of sp³-hybridized carbons (Fsp3) is 0.389. The third kappa shape index (κ3) is 4.05. The molecule has 1 unspecified atom stereocenters. The average molecular weight is 281 g/mol. The molecule has 0 spiro atoms. The van der Waals surface area contributed by atoms with Crippen LogP contribution in [0.5, 0.6) is 0 Å². The first-order chi connectivity index (χ1) is 10.3. The first kappa shape index (κ1) is 14.1. The van der Waals surface area contributed by atoms with Crippen LogP contribution in [0, 0.1) is 6.92 Å². The summed E-state index contributed by atoms with van der Waals surface area (Å²) in [5, 5.41) is 3.58. The molecule has 1 N–H and O–H groups in total. The Morgan fingerprint density at radius 3 is 2.81 bits per heavy atom. The van der Waals surface area contributed by atoms with Crippen molar-refractivity contribution in [3.8, 4) is 0 Å². The van der Waals surface area contributed by atoms with Gasteiger partial charge < -0.3 is 5.32 Å². The number of pyridine rings is 1. The van der Waals surface area contributed by atoms with Gasteiger partial charge in [0.05, 0.1) is 0 Å². The van der Waals surface area contributed by atoms with E-state index in [9.17, 15) is 0 Å². The van der Waals surface area contributed by atoms with E-state index >= 15 is 0 Å². The first-order valence-corrected chi connectivity index (χ1v) is 7.76. The summed E-state index contributed by atoms with van der Waals surface area (Å²) < 4.78 is 0. The average Bonchev–Trinajstić information content (AvgIpc) is 2.49. The summed E-state index contributed by atoms with van der Waals surface area (Å²) in [6, 6.07) is 17.4. The molecule has 0 bridgehead atoms. The van der Waals surface area contributed by atoms with E-state index in [0.29, 0.717) is 6.04 Å². The number of likely N-dealkylation sites (tertiary alicyclic amines) is 1. The van der Waals surface area contributed by atoms with Gasteiger partial charge in [0.25, 0.3) is 0 Å². The van der Waals surface area contributed by atoms with Crippen molar-refractivity contribution >= 4 is 5.82 Å². The Kier molecular flexibility index (Phi) is 4.51. The zero-order valence-corrected chi connectivity index (χ0v) is 12.6. The van der Waals surface area contributed by atoms with E-state index in [0.717, 1.165) is 24.6 Å². The number of piperidine rings is 1. The molecule has 2 aromatic rings. The van der Waals surface area contributed by atoms with Gasteiger partial charge in [0.15, 0.2) is 0 Å². The lowest BCUT2D eigenvalue weighted by Gasteiger charge is -2.33. The fourth-order valence-electron chi connectivity index (χ4n) is 2.99. The number of nitrogens with zero attached hydrogens (tertiary/aromatic N) is 2. The third-order valence-electron chi connectivity index (χ3n) is 3.99.